The van der Waals surface area contributed by atoms with Gasteiger partial charge in [-0.3, -0.25) is 4.79 Å². The van der Waals surface area contributed by atoms with Gasteiger partial charge < -0.3 is 10.1 Å². The monoisotopic (exact) mass is 320 g/mol. The molecule has 1 aromatic heterocycles. The van der Waals surface area contributed by atoms with Gasteiger partial charge in [0.15, 0.2) is 0 Å². The number of hydrogen-bond acceptors (Lipinski definition) is 4. The number of aromatic amines is 1. The third-order valence-corrected chi connectivity index (χ3v) is 5.67. The maximum absolute atomic E-state index is 12.6. The molecule has 0 spiro atoms. The van der Waals surface area contributed by atoms with E-state index in [1.165, 1.54) is 10.4 Å². The molecule has 0 aromatic carbocycles. The SMILES string of the molecule is O=c1[nH]cc(S(=O)(=O)N(CCCO)C2CCC2)cc1Cl. The van der Waals surface area contributed by atoms with Gasteiger partial charge in [0.05, 0.1) is 4.90 Å². The first-order valence-corrected chi connectivity index (χ1v) is 8.29. The number of halogens is 1. The number of rotatable bonds is 6. The number of H-pyrrole nitrogens is 1. The van der Waals surface area contributed by atoms with E-state index in [1.54, 1.807) is 0 Å². The number of aliphatic hydroxyl groups excluding tert-OH is 1. The fourth-order valence-corrected chi connectivity index (χ4v) is 4.08. The van der Waals surface area contributed by atoms with Crippen LogP contribution in [0, 0.1) is 0 Å². The molecule has 20 heavy (non-hydrogen) atoms. The van der Waals surface area contributed by atoms with Crippen molar-refractivity contribution in [3.05, 3.63) is 27.6 Å². The molecule has 112 valence electrons. The van der Waals surface area contributed by atoms with Gasteiger partial charge in [-0.15, -0.1) is 0 Å². The summed E-state index contributed by atoms with van der Waals surface area (Å²) in [7, 11) is -3.71. The molecule has 8 heteroatoms. The Hall–Kier alpha value is -0.890. The van der Waals surface area contributed by atoms with Crippen molar-refractivity contribution >= 4 is 21.6 Å². The van der Waals surface area contributed by atoms with Crippen LogP contribution in [0.5, 0.6) is 0 Å². The van der Waals surface area contributed by atoms with Gasteiger partial charge in [0, 0.05) is 25.4 Å². The molecule has 2 N–H and O–H groups in total. The summed E-state index contributed by atoms with van der Waals surface area (Å²) in [5, 5.41) is 8.76. The van der Waals surface area contributed by atoms with Crippen LogP contribution in [-0.4, -0.2) is 42.0 Å². The number of aliphatic hydroxyl groups is 1. The molecule has 0 unspecified atom stereocenters. The number of sulfonamides is 1. The highest BCUT2D eigenvalue weighted by molar-refractivity contribution is 7.89. The zero-order valence-corrected chi connectivity index (χ0v) is 12.5. The molecule has 1 aliphatic carbocycles. The van der Waals surface area contributed by atoms with E-state index in [0.717, 1.165) is 25.5 Å². The zero-order chi connectivity index (χ0) is 14.8. The molecule has 0 saturated heterocycles. The second-order valence-corrected chi connectivity index (χ2v) is 7.09. The second-order valence-electron chi connectivity index (χ2n) is 4.79. The van der Waals surface area contributed by atoms with E-state index in [2.05, 4.69) is 4.98 Å². The van der Waals surface area contributed by atoms with Gasteiger partial charge >= 0.3 is 0 Å². The Morgan fingerprint density at radius 1 is 1.45 bits per heavy atom. The Bertz CT molecular complexity index is 625. The largest absolute Gasteiger partial charge is 0.396 e. The van der Waals surface area contributed by atoms with Gasteiger partial charge in [-0.25, -0.2) is 8.42 Å². The lowest BCUT2D eigenvalue weighted by atomic mass is 9.93. The van der Waals surface area contributed by atoms with Crippen molar-refractivity contribution in [2.75, 3.05) is 13.2 Å². The number of hydrogen-bond donors (Lipinski definition) is 2. The molecule has 1 saturated carbocycles. The Balaban J connectivity index is 2.33. The third-order valence-electron chi connectivity index (χ3n) is 3.46. The van der Waals surface area contributed by atoms with Crippen LogP contribution < -0.4 is 5.56 Å². The Labute approximate surface area is 122 Å². The minimum absolute atomic E-state index is 0.0214. The van der Waals surface area contributed by atoms with Crippen LogP contribution in [0.25, 0.3) is 0 Å². The third kappa shape index (κ3) is 3.06. The summed E-state index contributed by atoms with van der Waals surface area (Å²) in [5.41, 5.74) is -0.517. The van der Waals surface area contributed by atoms with Crippen LogP contribution >= 0.6 is 11.6 Å². The normalized spacial score (nSPS) is 16.4. The van der Waals surface area contributed by atoms with E-state index in [4.69, 9.17) is 16.7 Å². The molecule has 1 aromatic rings. The number of nitrogens with one attached hydrogen (secondary N) is 1. The van der Waals surface area contributed by atoms with Gasteiger partial charge in [-0.1, -0.05) is 18.0 Å². The molecular weight excluding hydrogens is 304 g/mol. The summed E-state index contributed by atoms with van der Waals surface area (Å²) in [6, 6.07) is 1.14. The van der Waals surface area contributed by atoms with Crippen molar-refractivity contribution in [1.29, 1.82) is 0 Å². The molecule has 0 bridgehead atoms. The van der Waals surface area contributed by atoms with E-state index in [1.807, 2.05) is 0 Å². The summed E-state index contributed by atoms with van der Waals surface area (Å²) in [6.45, 7) is 0.200. The van der Waals surface area contributed by atoms with Gasteiger partial charge in [-0.2, -0.15) is 4.31 Å². The first-order chi connectivity index (χ1) is 9.46. The van der Waals surface area contributed by atoms with Crippen LogP contribution in [0.1, 0.15) is 25.7 Å². The van der Waals surface area contributed by atoms with Crippen molar-refractivity contribution < 1.29 is 13.5 Å². The predicted octanol–water partition coefficient (Wildman–Crippen LogP) is 0.954. The van der Waals surface area contributed by atoms with Crippen molar-refractivity contribution in [3.63, 3.8) is 0 Å². The van der Waals surface area contributed by atoms with E-state index < -0.39 is 15.6 Å². The van der Waals surface area contributed by atoms with Crippen LogP contribution in [-0.2, 0) is 10.0 Å². The van der Waals surface area contributed by atoms with Crippen molar-refractivity contribution in [1.82, 2.24) is 9.29 Å². The maximum atomic E-state index is 12.6. The summed E-state index contributed by atoms with van der Waals surface area (Å²) in [4.78, 5) is 13.5. The fourth-order valence-electron chi connectivity index (χ4n) is 2.12. The molecule has 0 amide bonds. The van der Waals surface area contributed by atoms with Crippen LogP contribution in [0.2, 0.25) is 5.02 Å². The predicted molar refractivity (Wildman–Crippen MR) is 75.3 cm³/mol. The van der Waals surface area contributed by atoms with Gasteiger partial charge in [0.1, 0.15) is 5.02 Å². The number of aromatic nitrogens is 1. The highest BCUT2D eigenvalue weighted by Crippen LogP contribution is 2.30. The average molecular weight is 321 g/mol. The topological polar surface area (TPSA) is 90.5 Å². The minimum Gasteiger partial charge on any atom is -0.396 e. The van der Waals surface area contributed by atoms with E-state index in [-0.39, 0.29) is 29.1 Å². The summed E-state index contributed by atoms with van der Waals surface area (Å²) in [6.07, 6.45) is 4.19. The highest BCUT2D eigenvalue weighted by Gasteiger charge is 2.34. The van der Waals surface area contributed by atoms with Crippen molar-refractivity contribution in [3.8, 4) is 0 Å². The molecule has 1 fully saturated rings. The summed E-state index contributed by atoms with van der Waals surface area (Å²) < 4.78 is 26.6. The number of nitrogens with zero attached hydrogens (tertiary/aromatic N) is 1. The first-order valence-electron chi connectivity index (χ1n) is 6.47. The molecule has 6 nitrogen and oxygen atoms in total. The molecule has 0 aliphatic heterocycles. The Morgan fingerprint density at radius 3 is 2.65 bits per heavy atom. The van der Waals surface area contributed by atoms with Crippen LogP contribution in [0.4, 0.5) is 0 Å². The Kier molecular flexibility index (Phi) is 4.85. The van der Waals surface area contributed by atoms with Crippen molar-refractivity contribution in [2.24, 2.45) is 0 Å². The smallest absolute Gasteiger partial charge is 0.266 e. The summed E-state index contributed by atoms with van der Waals surface area (Å²) in [5.74, 6) is 0. The van der Waals surface area contributed by atoms with Gasteiger partial charge in [-0.05, 0) is 25.3 Å². The molecule has 2 rings (SSSR count). The fraction of sp³-hybridized carbons (Fsp3) is 0.583. The quantitative estimate of drug-likeness (QED) is 0.816. The van der Waals surface area contributed by atoms with Gasteiger partial charge in [0.2, 0.25) is 10.0 Å². The number of pyridine rings is 1. The first kappa shape index (κ1) is 15.5. The molecule has 1 heterocycles. The zero-order valence-electron chi connectivity index (χ0n) is 10.9. The summed E-state index contributed by atoms with van der Waals surface area (Å²) >= 11 is 5.69. The van der Waals surface area contributed by atoms with Crippen molar-refractivity contribution in [2.45, 2.75) is 36.6 Å². The van der Waals surface area contributed by atoms with E-state index in [9.17, 15) is 13.2 Å². The lowest BCUT2D eigenvalue weighted by Crippen LogP contribution is -2.44. The average Bonchev–Trinajstić information content (AvgIpc) is 2.35. The highest BCUT2D eigenvalue weighted by atomic mass is 35.5. The lowest BCUT2D eigenvalue weighted by Gasteiger charge is -2.36. The maximum Gasteiger partial charge on any atom is 0.266 e. The van der Waals surface area contributed by atoms with Crippen LogP contribution in [0.15, 0.2) is 22.0 Å². The van der Waals surface area contributed by atoms with E-state index >= 15 is 0 Å². The molecule has 0 atom stereocenters. The molecule has 0 radical (unpaired) electrons. The Morgan fingerprint density at radius 2 is 2.15 bits per heavy atom. The van der Waals surface area contributed by atoms with Gasteiger partial charge in [0.25, 0.3) is 5.56 Å². The molecular formula is C12H17ClN2O4S. The second kappa shape index (κ2) is 6.26. The minimum atomic E-state index is -3.71. The lowest BCUT2D eigenvalue weighted by molar-refractivity contribution is 0.198. The van der Waals surface area contributed by atoms with E-state index in [0.29, 0.717) is 6.42 Å². The van der Waals surface area contributed by atoms with Crippen LogP contribution in [0.3, 0.4) is 0 Å². The molecule has 1 aliphatic rings. The standard InChI is InChI=1S/C12H17ClN2O4S/c13-11-7-10(8-14-12(11)17)20(18,19)15(5-2-6-16)9-3-1-4-9/h7-9,16H,1-6H2,(H,14,17).